The van der Waals surface area contributed by atoms with Crippen LogP contribution in [-0.2, 0) is 4.74 Å². The lowest BCUT2D eigenvalue weighted by Crippen LogP contribution is -2.34. The van der Waals surface area contributed by atoms with Crippen LogP contribution in [0.1, 0.15) is 16.1 Å². The van der Waals surface area contributed by atoms with Crippen molar-refractivity contribution in [2.24, 2.45) is 10.9 Å². The monoisotopic (exact) mass is 295 g/mol. The van der Waals surface area contributed by atoms with E-state index in [2.05, 4.69) is 20.4 Å². The third-order valence-electron chi connectivity index (χ3n) is 2.86. The standard InChI is InChI=1S/C13H21N5O3/c1-18(7-8-21-2)6-5-15-13(19)11-4-3-10(9-16-11)12(14)17-20/h3-4,9,20H,5-8H2,1-2H3,(H2,14,17)(H,15,19). The molecule has 8 heteroatoms. The third kappa shape index (κ3) is 5.76. The van der Waals surface area contributed by atoms with Crippen molar-refractivity contribution in [3.8, 4) is 0 Å². The van der Waals surface area contributed by atoms with Crippen molar-refractivity contribution in [2.75, 3.05) is 40.4 Å². The summed E-state index contributed by atoms with van der Waals surface area (Å²) in [5, 5.41) is 14.2. The SMILES string of the molecule is COCCN(C)CCNC(=O)c1ccc(C(N)=NO)cn1. The van der Waals surface area contributed by atoms with Gasteiger partial charge in [0, 0.05) is 38.5 Å². The number of nitrogens with zero attached hydrogens (tertiary/aromatic N) is 3. The van der Waals surface area contributed by atoms with Crippen LogP contribution < -0.4 is 11.1 Å². The van der Waals surface area contributed by atoms with Gasteiger partial charge in [-0.15, -0.1) is 0 Å². The number of likely N-dealkylation sites (N-methyl/N-ethyl adjacent to an activating group) is 1. The summed E-state index contributed by atoms with van der Waals surface area (Å²) in [6.45, 7) is 2.69. The van der Waals surface area contributed by atoms with Gasteiger partial charge in [0.15, 0.2) is 5.84 Å². The van der Waals surface area contributed by atoms with E-state index >= 15 is 0 Å². The number of ether oxygens (including phenoxy) is 1. The van der Waals surface area contributed by atoms with E-state index in [0.29, 0.717) is 18.7 Å². The van der Waals surface area contributed by atoms with Crippen molar-refractivity contribution in [2.45, 2.75) is 0 Å². The largest absolute Gasteiger partial charge is 0.409 e. The predicted molar refractivity (Wildman–Crippen MR) is 78.5 cm³/mol. The van der Waals surface area contributed by atoms with E-state index in [1.807, 2.05) is 7.05 Å². The van der Waals surface area contributed by atoms with Gasteiger partial charge in [-0.05, 0) is 19.2 Å². The molecule has 21 heavy (non-hydrogen) atoms. The Balaban J connectivity index is 2.42. The van der Waals surface area contributed by atoms with Crippen molar-refractivity contribution < 1.29 is 14.7 Å². The van der Waals surface area contributed by atoms with Crippen LogP contribution in [0.3, 0.4) is 0 Å². The Morgan fingerprint density at radius 1 is 1.52 bits per heavy atom. The molecule has 0 aliphatic heterocycles. The molecule has 0 atom stereocenters. The van der Waals surface area contributed by atoms with Gasteiger partial charge in [-0.2, -0.15) is 0 Å². The number of nitrogens with one attached hydrogen (secondary N) is 1. The summed E-state index contributed by atoms with van der Waals surface area (Å²) in [4.78, 5) is 17.9. The van der Waals surface area contributed by atoms with Crippen LogP contribution in [-0.4, -0.2) is 67.2 Å². The molecule has 116 valence electrons. The molecule has 1 aromatic heterocycles. The molecule has 0 saturated heterocycles. The average molecular weight is 295 g/mol. The van der Waals surface area contributed by atoms with Crippen molar-refractivity contribution in [3.63, 3.8) is 0 Å². The van der Waals surface area contributed by atoms with Gasteiger partial charge in [-0.1, -0.05) is 5.16 Å². The maximum Gasteiger partial charge on any atom is 0.269 e. The zero-order valence-corrected chi connectivity index (χ0v) is 12.2. The van der Waals surface area contributed by atoms with Crippen LogP contribution in [0.5, 0.6) is 0 Å². The molecule has 1 heterocycles. The number of pyridine rings is 1. The van der Waals surface area contributed by atoms with Crippen molar-refractivity contribution in [3.05, 3.63) is 29.6 Å². The number of carbonyl (C=O) groups is 1. The Labute approximate surface area is 123 Å². The van der Waals surface area contributed by atoms with Crippen LogP contribution in [0.4, 0.5) is 0 Å². The minimum Gasteiger partial charge on any atom is -0.409 e. The summed E-state index contributed by atoms with van der Waals surface area (Å²) in [6.07, 6.45) is 1.38. The number of amidine groups is 1. The van der Waals surface area contributed by atoms with E-state index in [1.54, 1.807) is 13.2 Å². The summed E-state index contributed by atoms with van der Waals surface area (Å²) in [5.41, 5.74) is 6.15. The zero-order valence-electron chi connectivity index (χ0n) is 12.2. The molecule has 0 bridgehead atoms. The molecule has 0 saturated carbocycles. The van der Waals surface area contributed by atoms with E-state index in [-0.39, 0.29) is 17.4 Å². The molecule has 0 fully saturated rings. The van der Waals surface area contributed by atoms with Gasteiger partial charge in [0.05, 0.1) is 6.61 Å². The topological polar surface area (TPSA) is 113 Å². The molecule has 0 spiro atoms. The van der Waals surface area contributed by atoms with Crippen LogP contribution in [0.25, 0.3) is 0 Å². The minimum absolute atomic E-state index is 0.0470. The first kappa shape index (κ1) is 16.9. The molecule has 1 amide bonds. The quantitative estimate of drug-likeness (QED) is 0.257. The van der Waals surface area contributed by atoms with Crippen LogP contribution in [0.15, 0.2) is 23.5 Å². The average Bonchev–Trinajstić information content (AvgIpc) is 2.52. The summed E-state index contributed by atoms with van der Waals surface area (Å²) in [7, 11) is 3.61. The number of nitrogens with two attached hydrogens (primary N) is 1. The third-order valence-corrected chi connectivity index (χ3v) is 2.86. The fraction of sp³-hybridized carbons (Fsp3) is 0.462. The van der Waals surface area contributed by atoms with Crippen molar-refractivity contribution in [1.29, 1.82) is 0 Å². The second-order valence-corrected chi connectivity index (χ2v) is 4.47. The van der Waals surface area contributed by atoms with Gasteiger partial charge in [0.25, 0.3) is 5.91 Å². The van der Waals surface area contributed by atoms with Gasteiger partial charge in [0.2, 0.25) is 0 Å². The van der Waals surface area contributed by atoms with Gasteiger partial charge in [-0.3, -0.25) is 9.78 Å². The first-order valence-electron chi connectivity index (χ1n) is 6.48. The number of carbonyl (C=O) groups excluding carboxylic acids is 1. The minimum atomic E-state index is -0.263. The van der Waals surface area contributed by atoms with Gasteiger partial charge in [-0.25, -0.2) is 0 Å². The van der Waals surface area contributed by atoms with Crippen molar-refractivity contribution in [1.82, 2.24) is 15.2 Å². The number of rotatable bonds is 8. The summed E-state index contributed by atoms with van der Waals surface area (Å²) >= 11 is 0. The Morgan fingerprint density at radius 3 is 2.86 bits per heavy atom. The number of hydrogen-bond acceptors (Lipinski definition) is 6. The van der Waals surface area contributed by atoms with E-state index in [4.69, 9.17) is 15.7 Å². The smallest absolute Gasteiger partial charge is 0.269 e. The molecule has 4 N–H and O–H groups in total. The number of amides is 1. The first-order chi connectivity index (χ1) is 10.1. The van der Waals surface area contributed by atoms with E-state index < -0.39 is 0 Å². The molecular formula is C13H21N5O3. The van der Waals surface area contributed by atoms with Gasteiger partial charge >= 0.3 is 0 Å². The van der Waals surface area contributed by atoms with Crippen LogP contribution in [0.2, 0.25) is 0 Å². The highest BCUT2D eigenvalue weighted by atomic mass is 16.5. The lowest BCUT2D eigenvalue weighted by atomic mass is 10.2. The second-order valence-electron chi connectivity index (χ2n) is 4.47. The molecular weight excluding hydrogens is 274 g/mol. The fourth-order valence-corrected chi connectivity index (χ4v) is 1.55. The predicted octanol–water partition coefficient (Wildman–Crippen LogP) is -0.516. The maximum atomic E-state index is 11.9. The summed E-state index contributed by atoms with van der Waals surface area (Å²) < 4.78 is 4.97. The molecule has 8 nitrogen and oxygen atoms in total. The van der Waals surface area contributed by atoms with E-state index in [0.717, 1.165) is 13.1 Å². The molecule has 0 aliphatic rings. The first-order valence-corrected chi connectivity index (χ1v) is 6.48. The number of methoxy groups -OCH3 is 1. The highest BCUT2D eigenvalue weighted by Gasteiger charge is 2.08. The lowest BCUT2D eigenvalue weighted by molar-refractivity contribution is 0.0942. The molecule has 0 aromatic carbocycles. The van der Waals surface area contributed by atoms with Gasteiger partial charge < -0.3 is 25.9 Å². The van der Waals surface area contributed by atoms with E-state index in [1.165, 1.54) is 12.3 Å². The molecule has 0 unspecified atom stereocenters. The second kappa shape index (κ2) is 8.88. The number of hydrogen-bond donors (Lipinski definition) is 3. The highest BCUT2D eigenvalue weighted by Crippen LogP contribution is 2.00. The van der Waals surface area contributed by atoms with Crippen molar-refractivity contribution >= 4 is 11.7 Å². The lowest BCUT2D eigenvalue weighted by Gasteiger charge is -2.16. The highest BCUT2D eigenvalue weighted by molar-refractivity contribution is 5.98. The molecule has 1 rings (SSSR count). The van der Waals surface area contributed by atoms with Crippen LogP contribution >= 0.6 is 0 Å². The normalized spacial score (nSPS) is 11.7. The summed E-state index contributed by atoms with van der Waals surface area (Å²) in [5.74, 6) is -0.310. The van der Waals surface area contributed by atoms with E-state index in [9.17, 15) is 4.79 Å². The summed E-state index contributed by atoms with van der Waals surface area (Å²) in [6, 6.07) is 3.10. The Morgan fingerprint density at radius 2 is 2.29 bits per heavy atom. The molecule has 0 radical (unpaired) electrons. The fourth-order valence-electron chi connectivity index (χ4n) is 1.55. The Bertz CT molecular complexity index is 475. The Hall–Kier alpha value is -2.19. The molecule has 0 aliphatic carbocycles. The van der Waals surface area contributed by atoms with Crippen LogP contribution in [0, 0.1) is 0 Å². The zero-order chi connectivity index (χ0) is 15.7. The Kier molecular flexibility index (Phi) is 7.13. The van der Waals surface area contributed by atoms with Gasteiger partial charge in [0.1, 0.15) is 5.69 Å². The number of oxime groups is 1. The molecule has 1 aromatic rings. The number of aromatic nitrogens is 1. The maximum absolute atomic E-state index is 11.9.